The molecule has 21 heavy (non-hydrogen) atoms. The fourth-order valence-corrected chi connectivity index (χ4v) is 2.47. The molecule has 0 aliphatic heterocycles. The zero-order chi connectivity index (χ0) is 15.2. The molecule has 0 aliphatic carbocycles. The topological polar surface area (TPSA) is 55.4 Å². The molecule has 5 heteroatoms. The van der Waals surface area contributed by atoms with Gasteiger partial charge in [-0.2, -0.15) is 0 Å². The van der Waals surface area contributed by atoms with Gasteiger partial charge in [0.1, 0.15) is 12.4 Å². The Morgan fingerprint density at radius 3 is 2.81 bits per heavy atom. The molecule has 1 amide bonds. The number of para-hydroxylation sites is 2. The van der Waals surface area contributed by atoms with Crippen molar-refractivity contribution in [1.82, 2.24) is 0 Å². The highest BCUT2D eigenvalue weighted by Crippen LogP contribution is 2.25. The van der Waals surface area contributed by atoms with Crippen molar-refractivity contribution >= 4 is 28.7 Å². The van der Waals surface area contributed by atoms with Crippen molar-refractivity contribution in [2.75, 3.05) is 11.9 Å². The van der Waals surface area contributed by atoms with E-state index in [0.717, 1.165) is 0 Å². The van der Waals surface area contributed by atoms with Crippen LogP contribution in [0.4, 0.5) is 5.69 Å². The van der Waals surface area contributed by atoms with Gasteiger partial charge < -0.3 is 10.1 Å². The minimum atomic E-state index is -0.270. The first kappa shape index (κ1) is 15.0. The predicted octanol–water partition coefficient (Wildman–Crippen LogP) is 3.77. The Bertz CT molecular complexity index is 676. The average molecular weight is 301 g/mol. The summed E-state index contributed by atoms with van der Waals surface area (Å²) in [5.41, 5.74) is 1.05. The summed E-state index contributed by atoms with van der Waals surface area (Å²) in [5.74, 6) is 0.259. The molecule has 0 atom stereocenters. The number of rotatable bonds is 6. The summed E-state index contributed by atoms with van der Waals surface area (Å²) < 4.78 is 5.48. The average Bonchev–Trinajstić information content (AvgIpc) is 2.96. The van der Waals surface area contributed by atoms with E-state index in [1.807, 2.05) is 12.1 Å². The van der Waals surface area contributed by atoms with Crippen LogP contribution in [0, 0.1) is 0 Å². The summed E-state index contributed by atoms with van der Waals surface area (Å²) in [6.07, 6.45) is 1.64. The van der Waals surface area contributed by atoms with Crippen LogP contribution in [-0.4, -0.2) is 18.3 Å². The van der Waals surface area contributed by atoms with Crippen molar-refractivity contribution in [3.8, 4) is 5.75 Å². The number of benzene rings is 1. The minimum absolute atomic E-state index is 0.0474. The third kappa shape index (κ3) is 3.79. The SMILES string of the molecule is C=CCOc1ccccc1NC(=O)c1csc(C(C)=O)c1. The summed E-state index contributed by atoms with van der Waals surface area (Å²) in [6, 6.07) is 8.76. The number of thiophene rings is 1. The molecule has 2 rings (SSSR count). The van der Waals surface area contributed by atoms with E-state index in [4.69, 9.17) is 4.74 Å². The zero-order valence-corrected chi connectivity index (χ0v) is 12.4. The Balaban J connectivity index is 2.15. The standard InChI is InChI=1S/C16H15NO3S/c1-3-8-20-14-7-5-4-6-13(14)17-16(19)12-9-15(11(2)18)21-10-12/h3-7,9-10H,1,8H2,2H3,(H,17,19). The Labute approximate surface area is 127 Å². The third-order valence-electron chi connectivity index (χ3n) is 2.70. The normalized spacial score (nSPS) is 9.95. The maximum atomic E-state index is 12.2. The fourth-order valence-electron chi connectivity index (χ4n) is 1.68. The molecular formula is C16H15NO3S. The summed E-state index contributed by atoms with van der Waals surface area (Å²) >= 11 is 1.26. The molecule has 4 nitrogen and oxygen atoms in total. The summed E-state index contributed by atoms with van der Waals surface area (Å²) in [7, 11) is 0. The molecular weight excluding hydrogens is 286 g/mol. The van der Waals surface area contributed by atoms with Gasteiger partial charge in [-0.05, 0) is 25.1 Å². The van der Waals surface area contributed by atoms with Crippen molar-refractivity contribution < 1.29 is 14.3 Å². The van der Waals surface area contributed by atoms with E-state index in [9.17, 15) is 9.59 Å². The van der Waals surface area contributed by atoms with Gasteiger partial charge in [0.25, 0.3) is 5.91 Å². The zero-order valence-electron chi connectivity index (χ0n) is 11.6. The number of hydrogen-bond donors (Lipinski definition) is 1. The molecule has 0 unspecified atom stereocenters. The Kier molecular flexibility index (Phi) is 4.90. The van der Waals surface area contributed by atoms with Crippen molar-refractivity contribution in [2.45, 2.75) is 6.92 Å². The molecule has 1 aromatic heterocycles. The van der Waals surface area contributed by atoms with E-state index >= 15 is 0 Å². The molecule has 0 saturated heterocycles. The van der Waals surface area contributed by atoms with Gasteiger partial charge in [-0.3, -0.25) is 9.59 Å². The first-order valence-corrected chi connectivity index (χ1v) is 7.23. The molecule has 0 spiro atoms. The number of hydrogen-bond acceptors (Lipinski definition) is 4. The molecule has 0 saturated carbocycles. The van der Waals surface area contributed by atoms with Gasteiger partial charge in [0.05, 0.1) is 16.1 Å². The smallest absolute Gasteiger partial charge is 0.256 e. The van der Waals surface area contributed by atoms with E-state index in [1.165, 1.54) is 18.3 Å². The number of nitrogens with one attached hydrogen (secondary N) is 1. The van der Waals surface area contributed by atoms with Gasteiger partial charge in [-0.1, -0.05) is 24.8 Å². The van der Waals surface area contributed by atoms with Crippen LogP contribution in [0.2, 0.25) is 0 Å². The van der Waals surface area contributed by atoms with Crippen LogP contribution < -0.4 is 10.1 Å². The molecule has 1 N–H and O–H groups in total. The predicted molar refractivity (Wildman–Crippen MR) is 84.4 cm³/mol. The monoisotopic (exact) mass is 301 g/mol. The van der Waals surface area contributed by atoms with E-state index in [1.54, 1.807) is 29.7 Å². The number of ether oxygens (including phenoxy) is 1. The van der Waals surface area contributed by atoms with Crippen molar-refractivity contribution in [3.05, 3.63) is 58.8 Å². The number of carbonyl (C=O) groups excluding carboxylic acids is 2. The Morgan fingerprint density at radius 1 is 1.38 bits per heavy atom. The van der Waals surface area contributed by atoms with Crippen LogP contribution in [0.5, 0.6) is 5.75 Å². The summed E-state index contributed by atoms with van der Waals surface area (Å²) in [4.78, 5) is 24.0. The van der Waals surface area contributed by atoms with Crippen LogP contribution >= 0.6 is 11.3 Å². The lowest BCUT2D eigenvalue weighted by Crippen LogP contribution is -2.12. The Hall–Kier alpha value is -2.40. The summed E-state index contributed by atoms with van der Waals surface area (Å²) in [5, 5.41) is 4.45. The van der Waals surface area contributed by atoms with Gasteiger partial charge in [0, 0.05) is 5.38 Å². The largest absolute Gasteiger partial charge is 0.487 e. The highest BCUT2D eigenvalue weighted by molar-refractivity contribution is 7.12. The van der Waals surface area contributed by atoms with Gasteiger partial charge in [-0.25, -0.2) is 0 Å². The maximum Gasteiger partial charge on any atom is 0.256 e. The molecule has 1 heterocycles. The lowest BCUT2D eigenvalue weighted by atomic mass is 10.2. The van der Waals surface area contributed by atoms with E-state index in [-0.39, 0.29) is 11.7 Å². The van der Waals surface area contributed by atoms with E-state index in [2.05, 4.69) is 11.9 Å². The highest BCUT2D eigenvalue weighted by Gasteiger charge is 2.13. The molecule has 108 valence electrons. The molecule has 0 radical (unpaired) electrons. The first-order chi connectivity index (χ1) is 10.1. The number of carbonyl (C=O) groups is 2. The van der Waals surface area contributed by atoms with E-state index < -0.39 is 0 Å². The lowest BCUT2D eigenvalue weighted by molar-refractivity contribution is 0.102. The van der Waals surface area contributed by atoms with Crippen molar-refractivity contribution in [2.24, 2.45) is 0 Å². The quantitative estimate of drug-likeness (QED) is 0.652. The van der Waals surface area contributed by atoms with Crippen LogP contribution in [0.1, 0.15) is 27.0 Å². The van der Waals surface area contributed by atoms with Crippen LogP contribution in [-0.2, 0) is 0 Å². The van der Waals surface area contributed by atoms with Gasteiger partial charge in [0.2, 0.25) is 0 Å². The molecule has 2 aromatic rings. The molecule has 1 aromatic carbocycles. The maximum absolute atomic E-state index is 12.2. The Morgan fingerprint density at radius 2 is 2.14 bits per heavy atom. The van der Waals surface area contributed by atoms with Crippen molar-refractivity contribution in [1.29, 1.82) is 0 Å². The number of ketones is 1. The van der Waals surface area contributed by atoms with Gasteiger partial charge >= 0.3 is 0 Å². The highest BCUT2D eigenvalue weighted by atomic mass is 32.1. The van der Waals surface area contributed by atoms with Crippen molar-refractivity contribution in [3.63, 3.8) is 0 Å². The van der Waals surface area contributed by atoms with E-state index in [0.29, 0.717) is 28.5 Å². The van der Waals surface area contributed by atoms with Crippen LogP contribution in [0.3, 0.4) is 0 Å². The third-order valence-corrected chi connectivity index (χ3v) is 3.73. The van der Waals surface area contributed by atoms with Crippen LogP contribution in [0.25, 0.3) is 0 Å². The molecule has 0 fully saturated rings. The minimum Gasteiger partial charge on any atom is -0.487 e. The number of Topliss-reactive ketones (excluding diaryl/α,β-unsaturated/α-hetero) is 1. The van der Waals surface area contributed by atoms with Gasteiger partial charge in [0.15, 0.2) is 5.78 Å². The second kappa shape index (κ2) is 6.85. The second-order valence-electron chi connectivity index (χ2n) is 4.31. The lowest BCUT2D eigenvalue weighted by Gasteiger charge is -2.10. The molecule has 0 bridgehead atoms. The second-order valence-corrected chi connectivity index (χ2v) is 5.22. The fraction of sp³-hybridized carbons (Fsp3) is 0.125. The first-order valence-electron chi connectivity index (χ1n) is 6.35. The number of anilines is 1. The van der Waals surface area contributed by atoms with Crippen LogP contribution in [0.15, 0.2) is 48.4 Å². The van der Waals surface area contributed by atoms with Gasteiger partial charge in [-0.15, -0.1) is 11.3 Å². The number of amides is 1. The summed E-state index contributed by atoms with van der Waals surface area (Å²) in [6.45, 7) is 5.43. The molecule has 0 aliphatic rings.